The van der Waals surface area contributed by atoms with E-state index in [1.165, 1.54) is 122 Å². The minimum atomic E-state index is -0.782. The summed E-state index contributed by atoms with van der Waals surface area (Å²) in [6, 6.07) is 0. The average Bonchev–Trinajstić information content (AvgIpc) is 3.28. The summed E-state index contributed by atoms with van der Waals surface area (Å²) in [6.45, 7) is 4.00. The zero-order chi connectivity index (χ0) is 44.9. The first kappa shape index (κ1) is 58.8. The van der Waals surface area contributed by atoms with Crippen molar-refractivity contribution in [3.63, 3.8) is 0 Å². The second-order valence-electron chi connectivity index (χ2n) is 16.9. The second kappa shape index (κ2) is 52.2. The Balaban J connectivity index is 3.55. The Morgan fingerprint density at radius 3 is 1.05 bits per heavy atom. The standard InChI is InChI=1S/C57H96O5/c1-3-5-7-9-11-13-15-17-19-21-23-24-25-26-27-28-29-30-31-32-34-36-38-40-42-44-46-48-50-52-57(60)62-55(53-58)54-61-56(59)51-49-47-45-43-41-39-37-35-33-22-20-18-16-14-12-10-8-6-4-2/h5,7,11-14,17-20,23-24,26-27,29-30,55,58H,3-4,6,8-10,15-16,21-22,25,28,31-54H2,1-2H3/b7-5-,13-11-,14-12-,19-17-,20-18-,24-23-,27-26-,30-29-. The van der Waals surface area contributed by atoms with E-state index in [1.54, 1.807) is 0 Å². The van der Waals surface area contributed by atoms with Crippen molar-refractivity contribution in [2.45, 2.75) is 238 Å². The van der Waals surface area contributed by atoms with Crippen molar-refractivity contribution in [2.75, 3.05) is 13.2 Å². The molecule has 0 rings (SSSR count). The molecule has 0 aliphatic rings. The van der Waals surface area contributed by atoms with Crippen molar-refractivity contribution in [3.8, 4) is 0 Å². The Labute approximate surface area is 383 Å². The monoisotopic (exact) mass is 861 g/mol. The molecule has 0 aromatic carbocycles. The molecular weight excluding hydrogens is 765 g/mol. The van der Waals surface area contributed by atoms with E-state index in [0.29, 0.717) is 12.8 Å². The van der Waals surface area contributed by atoms with Gasteiger partial charge in [0.2, 0.25) is 0 Å². The number of rotatable bonds is 46. The van der Waals surface area contributed by atoms with Gasteiger partial charge in [-0.2, -0.15) is 0 Å². The molecule has 1 N–H and O–H groups in total. The molecule has 0 heterocycles. The lowest BCUT2D eigenvalue weighted by molar-refractivity contribution is -0.161. The first-order valence-corrected chi connectivity index (χ1v) is 25.8. The van der Waals surface area contributed by atoms with Gasteiger partial charge in [-0.25, -0.2) is 0 Å². The third-order valence-electron chi connectivity index (χ3n) is 10.9. The quantitative estimate of drug-likeness (QED) is 0.0375. The molecule has 0 radical (unpaired) electrons. The summed E-state index contributed by atoms with van der Waals surface area (Å²) in [4.78, 5) is 24.5. The maximum atomic E-state index is 12.3. The molecular formula is C57H96O5. The van der Waals surface area contributed by atoms with Crippen LogP contribution in [0.5, 0.6) is 0 Å². The normalized spacial score (nSPS) is 13.0. The fourth-order valence-corrected chi connectivity index (χ4v) is 7.00. The van der Waals surface area contributed by atoms with Crippen LogP contribution in [0, 0.1) is 0 Å². The van der Waals surface area contributed by atoms with Gasteiger partial charge < -0.3 is 14.6 Å². The summed E-state index contributed by atoms with van der Waals surface area (Å²) < 4.78 is 10.7. The molecule has 0 saturated heterocycles. The number of esters is 2. The largest absolute Gasteiger partial charge is 0.462 e. The van der Waals surface area contributed by atoms with Crippen LogP contribution < -0.4 is 0 Å². The average molecular weight is 861 g/mol. The highest BCUT2D eigenvalue weighted by Crippen LogP contribution is 2.14. The minimum absolute atomic E-state index is 0.0739. The lowest BCUT2D eigenvalue weighted by atomic mass is 10.0. The predicted molar refractivity (Wildman–Crippen MR) is 269 cm³/mol. The topological polar surface area (TPSA) is 72.8 Å². The molecule has 0 amide bonds. The van der Waals surface area contributed by atoms with E-state index < -0.39 is 6.10 Å². The summed E-state index contributed by atoms with van der Waals surface area (Å²) in [5.41, 5.74) is 0. The Morgan fingerprint density at radius 2 is 0.694 bits per heavy atom. The summed E-state index contributed by atoms with van der Waals surface area (Å²) in [5.74, 6) is -0.602. The molecule has 5 heteroatoms. The predicted octanol–water partition coefficient (Wildman–Crippen LogP) is 17.2. The van der Waals surface area contributed by atoms with E-state index in [1.807, 2.05) is 0 Å². The van der Waals surface area contributed by atoms with E-state index in [9.17, 15) is 14.7 Å². The van der Waals surface area contributed by atoms with Crippen LogP contribution in [0.1, 0.15) is 232 Å². The van der Waals surface area contributed by atoms with Crippen LogP contribution in [0.3, 0.4) is 0 Å². The molecule has 0 bridgehead atoms. The van der Waals surface area contributed by atoms with Gasteiger partial charge >= 0.3 is 11.9 Å². The smallest absolute Gasteiger partial charge is 0.306 e. The number of unbranched alkanes of at least 4 members (excludes halogenated alkanes) is 22. The number of aliphatic hydroxyl groups excluding tert-OH is 1. The molecule has 1 unspecified atom stereocenters. The molecule has 1 atom stereocenters. The van der Waals surface area contributed by atoms with E-state index in [4.69, 9.17) is 9.47 Å². The maximum absolute atomic E-state index is 12.3. The van der Waals surface area contributed by atoms with Crippen molar-refractivity contribution >= 4 is 11.9 Å². The van der Waals surface area contributed by atoms with Gasteiger partial charge in [-0.1, -0.05) is 220 Å². The molecule has 5 nitrogen and oxygen atoms in total. The van der Waals surface area contributed by atoms with Crippen molar-refractivity contribution < 1.29 is 24.2 Å². The third-order valence-corrected chi connectivity index (χ3v) is 10.9. The molecule has 0 aliphatic carbocycles. The van der Waals surface area contributed by atoms with E-state index in [0.717, 1.165) is 83.5 Å². The first-order valence-electron chi connectivity index (χ1n) is 25.8. The van der Waals surface area contributed by atoms with Gasteiger partial charge in [0.05, 0.1) is 6.61 Å². The Bertz CT molecular complexity index is 1200. The lowest BCUT2D eigenvalue weighted by Gasteiger charge is -2.15. The Hall–Kier alpha value is -3.18. The summed E-state index contributed by atoms with van der Waals surface area (Å²) in [6.07, 6.45) is 73.5. The van der Waals surface area contributed by atoms with Crippen LogP contribution in [0.2, 0.25) is 0 Å². The molecule has 0 aromatic heterocycles. The first-order chi connectivity index (χ1) is 30.6. The highest BCUT2D eigenvalue weighted by molar-refractivity contribution is 5.70. The Kier molecular flexibility index (Phi) is 49.5. The number of hydrogen-bond acceptors (Lipinski definition) is 5. The van der Waals surface area contributed by atoms with Gasteiger partial charge in [-0.3, -0.25) is 9.59 Å². The summed E-state index contributed by atoms with van der Waals surface area (Å²) in [7, 11) is 0. The van der Waals surface area contributed by atoms with E-state index >= 15 is 0 Å². The fraction of sp³-hybridized carbons (Fsp3) is 0.684. The molecule has 354 valence electrons. The minimum Gasteiger partial charge on any atom is -0.462 e. The van der Waals surface area contributed by atoms with Gasteiger partial charge in [-0.05, 0) is 96.3 Å². The number of carbonyl (C=O) groups excluding carboxylic acids is 2. The summed E-state index contributed by atoms with van der Waals surface area (Å²) in [5, 5.41) is 9.63. The summed E-state index contributed by atoms with van der Waals surface area (Å²) >= 11 is 0. The van der Waals surface area contributed by atoms with Crippen LogP contribution in [0.15, 0.2) is 97.2 Å². The number of carbonyl (C=O) groups is 2. The van der Waals surface area contributed by atoms with Crippen LogP contribution in [0.4, 0.5) is 0 Å². The van der Waals surface area contributed by atoms with E-state index in [-0.39, 0.29) is 25.2 Å². The van der Waals surface area contributed by atoms with Gasteiger partial charge in [0.1, 0.15) is 6.61 Å². The Morgan fingerprint density at radius 1 is 0.387 bits per heavy atom. The van der Waals surface area contributed by atoms with Crippen molar-refractivity contribution in [1.82, 2.24) is 0 Å². The molecule has 0 fully saturated rings. The van der Waals surface area contributed by atoms with Gasteiger partial charge in [0.15, 0.2) is 6.10 Å². The highest BCUT2D eigenvalue weighted by Gasteiger charge is 2.16. The zero-order valence-corrected chi connectivity index (χ0v) is 40.4. The van der Waals surface area contributed by atoms with Crippen molar-refractivity contribution in [1.29, 1.82) is 0 Å². The molecule has 0 saturated carbocycles. The van der Waals surface area contributed by atoms with Crippen LogP contribution in [-0.4, -0.2) is 36.4 Å². The van der Waals surface area contributed by atoms with Crippen LogP contribution >= 0.6 is 0 Å². The number of allylic oxidation sites excluding steroid dienone is 16. The van der Waals surface area contributed by atoms with E-state index in [2.05, 4.69) is 111 Å². The third kappa shape index (κ3) is 49.5. The SMILES string of the molecule is CC/C=C\C/C=C\C/C=C\C/C=C\C/C=C\C/C=C\CCCCCCCCCCCCC(=O)OC(CO)COC(=O)CCCCCCCCCCC/C=C\C/C=C\CCCCC. The lowest BCUT2D eigenvalue weighted by Crippen LogP contribution is -2.28. The second-order valence-corrected chi connectivity index (χ2v) is 16.9. The zero-order valence-electron chi connectivity index (χ0n) is 40.4. The number of aliphatic hydroxyl groups is 1. The van der Waals surface area contributed by atoms with Gasteiger partial charge in [0, 0.05) is 12.8 Å². The molecule has 0 aliphatic heterocycles. The van der Waals surface area contributed by atoms with Gasteiger partial charge in [-0.15, -0.1) is 0 Å². The number of ether oxygens (including phenoxy) is 2. The maximum Gasteiger partial charge on any atom is 0.306 e. The fourth-order valence-electron chi connectivity index (χ4n) is 7.00. The molecule has 0 spiro atoms. The van der Waals surface area contributed by atoms with Gasteiger partial charge in [0.25, 0.3) is 0 Å². The van der Waals surface area contributed by atoms with Crippen LogP contribution in [-0.2, 0) is 19.1 Å². The highest BCUT2D eigenvalue weighted by atomic mass is 16.6. The van der Waals surface area contributed by atoms with Crippen LogP contribution in [0.25, 0.3) is 0 Å². The number of hydrogen-bond donors (Lipinski definition) is 1. The molecule has 0 aromatic rings. The van der Waals surface area contributed by atoms with Crippen molar-refractivity contribution in [2.24, 2.45) is 0 Å². The van der Waals surface area contributed by atoms with Crippen molar-refractivity contribution in [3.05, 3.63) is 97.2 Å². The molecule has 62 heavy (non-hydrogen) atoms.